The third-order valence-corrected chi connectivity index (χ3v) is 7.97. The molecule has 0 fully saturated rings. The van der Waals surface area contributed by atoms with Crippen LogP contribution >= 0.6 is 34.8 Å². The van der Waals surface area contributed by atoms with Crippen molar-refractivity contribution in [3.63, 3.8) is 0 Å². The van der Waals surface area contributed by atoms with Gasteiger partial charge in [-0.2, -0.15) is 0 Å². The van der Waals surface area contributed by atoms with Gasteiger partial charge in [-0.15, -0.1) is 0 Å². The summed E-state index contributed by atoms with van der Waals surface area (Å²) in [4.78, 5) is 28.9. The molecule has 11 heteroatoms. The first kappa shape index (κ1) is 30.8. The van der Waals surface area contributed by atoms with E-state index in [0.29, 0.717) is 5.02 Å². The number of carbonyl (C=O) groups excluding carboxylic acids is 2. The van der Waals surface area contributed by atoms with E-state index in [-0.39, 0.29) is 40.6 Å². The van der Waals surface area contributed by atoms with Crippen molar-refractivity contribution in [2.45, 2.75) is 38.9 Å². The van der Waals surface area contributed by atoms with E-state index in [1.165, 1.54) is 23.1 Å². The lowest BCUT2D eigenvalue weighted by molar-refractivity contribution is -0.140. The predicted octanol–water partition coefficient (Wildman–Crippen LogP) is 5.58. The summed E-state index contributed by atoms with van der Waals surface area (Å²) >= 11 is 18.2. The average molecular weight is 611 g/mol. The van der Waals surface area contributed by atoms with E-state index in [1.54, 1.807) is 24.3 Å². The van der Waals surface area contributed by atoms with Crippen LogP contribution in [0.5, 0.6) is 0 Å². The van der Waals surface area contributed by atoms with Crippen LogP contribution in [0.2, 0.25) is 15.1 Å². The van der Waals surface area contributed by atoms with Gasteiger partial charge in [-0.05, 0) is 55.3 Å². The Labute approximate surface area is 244 Å². The number of nitrogens with one attached hydrogen (secondary N) is 1. The second-order valence-electron chi connectivity index (χ2n) is 9.38. The number of halogens is 3. The van der Waals surface area contributed by atoms with Gasteiger partial charge >= 0.3 is 0 Å². The summed E-state index contributed by atoms with van der Waals surface area (Å²) in [6.07, 6.45) is 1.23. The number of sulfonamides is 1. The number of anilines is 1. The number of hydrogen-bond acceptors (Lipinski definition) is 4. The fourth-order valence-corrected chi connectivity index (χ4v) is 5.23. The van der Waals surface area contributed by atoms with E-state index in [9.17, 15) is 18.0 Å². The highest BCUT2D eigenvalue weighted by Gasteiger charge is 2.33. The van der Waals surface area contributed by atoms with E-state index in [1.807, 2.05) is 44.2 Å². The normalized spacial score (nSPS) is 12.2. The zero-order valence-electron chi connectivity index (χ0n) is 21.8. The molecule has 0 bridgehead atoms. The van der Waals surface area contributed by atoms with Crippen molar-refractivity contribution in [2.24, 2.45) is 0 Å². The molecule has 1 N–H and O–H groups in total. The molecule has 3 aromatic carbocycles. The lowest BCUT2D eigenvalue weighted by atomic mass is 10.0. The standard InChI is InChI=1S/C28H30Cl3N3O4S/c1-19(2)32-28(36)26(15-20-7-5-4-6-8-20)33(17-21-9-11-22(29)12-10-21)27(35)18-34(39(3,37)38)23-13-14-24(30)25(31)16-23/h4-14,16,19,26H,15,17-18H2,1-3H3,(H,32,36)/t26-/m1/s1. The fourth-order valence-electron chi connectivity index (χ4n) is 3.98. The summed E-state index contributed by atoms with van der Waals surface area (Å²) < 4.78 is 26.6. The first-order valence-electron chi connectivity index (χ1n) is 12.2. The maximum Gasteiger partial charge on any atom is 0.244 e. The molecule has 0 saturated carbocycles. The van der Waals surface area contributed by atoms with E-state index in [0.717, 1.165) is 21.7 Å². The molecule has 0 aliphatic carbocycles. The molecule has 0 aromatic heterocycles. The van der Waals surface area contributed by atoms with Gasteiger partial charge in [0.05, 0.1) is 22.0 Å². The Hall–Kier alpha value is -2.78. The SMILES string of the molecule is CC(C)NC(=O)[C@@H](Cc1ccccc1)N(Cc1ccc(Cl)cc1)C(=O)CN(c1ccc(Cl)c(Cl)c1)S(C)(=O)=O. The highest BCUT2D eigenvalue weighted by Crippen LogP contribution is 2.29. The molecule has 0 aliphatic rings. The first-order valence-corrected chi connectivity index (χ1v) is 15.1. The minimum absolute atomic E-state index is 0.0536. The number of amides is 2. The van der Waals surface area contributed by atoms with E-state index in [2.05, 4.69) is 5.32 Å². The van der Waals surface area contributed by atoms with Gasteiger partial charge in [-0.1, -0.05) is 77.3 Å². The monoisotopic (exact) mass is 609 g/mol. The van der Waals surface area contributed by atoms with Crippen molar-refractivity contribution in [3.8, 4) is 0 Å². The van der Waals surface area contributed by atoms with Gasteiger partial charge in [-0.25, -0.2) is 8.42 Å². The first-order chi connectivity index (χ1) is 18.3. The van der Waals surface area contributed by atoms with E-state index >= 15 is 0 Å². The zero-order chi connectivity index (χ0) is 28.7. The second kappa shape index (κ2) is 13.5. The van der Waals surface area contributed by atoms with Crippen molar-refractivity contribution < 1.29 is 18.0 Å². The van der Waals surface area contributed by atoms with Crippen molar-refractivity contribution >= 4 is 62.3 Å². The van der Waals surface area contributed by atoms with E-state index < -0.39 is 28.5 Å². The fraction of sp³-hybridized carbons (Fsp3) is 0.286. The Morgan fingerprint density at radius 2 is 1.51 bits per heavy atom. The van der Waals surface area contributed by atoms with Crippen LogP contribution in [0.4, 0.5) is 5.69 Å². The number of rotatable bonds is 11. The van der Waals surface area contributed by atoms with Crippen LogP contribution in [0.1, 0.15) is 25.0 Å². The molecule has 7 nitrogen and oxygen atoms in total. The second-order valence-corrected chi connectivity index (χ2v) is 12.5. The summed E-state index contributed by atoms with van der Waals surface area (Å²) in [6, 6.07) is 19.4. The van der Waals surface area contributed by atoms with Crippen LogP contribution in [0, 0.1) is 0 Å². The minimum atomic E-state index is -3.91. The van der Waals surface area contributed by atoms with Gasteiger partial charge in [0, 0.05) is 24.0 Å². The molecule has 1 atom stereocenters. The number of hydrogen-bond donors (Lipinski definition) is 1. The highest BCUT2D eigenvalue weighted by molar-refractivity contribution is 7.92. The summed E-state index contributed by atoms with van der Waals surface area (Å²) in [5.74, 6) is -0.919. The molecule has 208 valence electrons. The van der Waals surface area contributed by atoms with Crippen LogP contribution in [0.15, 0.2) is 72.8 Å². The Morgan fingerprint density at radius 1 is 0.872 bits per heavy atom. The van der Waals surface area contributed by atoms with Crippen LogP contribution in [-0.2, 0) is 32.6 Å². The van der Waals surface area contributed by atoms with Crippen molar-refractivity contribution in [2.75, 3.05) is 17.1 Å². The quantitative estimate of drug-likeness (QED) is 0.307. The van der Waals surface area contributed by atoms with Crippen molar-refractivity contribution in [1.82, 2.24) is 10.2 Å². The molecule has 2 amide bonds. The lowest BCUT2D eigenvalue weighted by Crippen LogP contribution is -2.54. The third kappa shape index (κ3) is 8.86. The lowest BCUT2D eigenvalue weighted by Gasteiger charge is -2.34. The predicted molar refractivity (Wildman–Crippen MR) is 158 cm³/mol. The molecule has 0 saturated heterocycles. The number of nitrogens with zero attached hydrogens (tertiary/aromatic N) is 2. The smallest absolute Gasteiger partial charge is 0.244 e. The summed E-state index contributed by atoms with van der Waals surface area (Å²) in [6.45, 7) is 3.17. The molecule has 3 aromatic rings. The van der Waals surface area contributed by atoms with Gasteiger partial charge in [-0.3, -0.25) is 13.9 Å². The summed E-state index contributed by atoms with van der Waals surface area (Å²) in [5, 5.41) is 3.82. The van der Waals surface area contributed by atoms with Gasteiger partial charge in [0.2, 0.25) is 21.8 Å². The topological polar surface area (TPSA) is 86.8 Å². The molecular formula is C28H30Cl3N3O4S. The molecule has 0 spiro atoms. The van der Waals surface area contributed by atoms with Gasteiger partial charge in [0.1, 0.15) is 12.6 Å². The zero-order valence-corrected chi connectivity index (χ0v) is 24.9. The molecule has 0 heterocycles. The maximum absolute atomic E-state index is 14.0. The molecule has 0 aliphatic heterocycles. The average Bonchev–Trinajstić information content (AvgIpc) is 2.87. The van der Waals surface area contributed by atoms with Gasteiger partial charge in [0.25, 0.3) is 0 Å². The summed E-state index contributed by atoms with van der Waals surface area (Å²) in [5.41, 5.74) is 1.75. The van der Waals surface area contributed by atoms with Gasteiger partial charge in [0.15, 0.2) is 0 Å². The molecule has 3 rings (SSSR count). The molecule has 39 heavy (non-hydrogen) atoms. The Morgan fingerprint density at radius 3 is 2.08 bits per heavy atom. The molecule has 0 unspecified atom stereocenters. The van der Waals surface area contributed by atoms with Crippen LogP contribution < -0.4 is 9.62 Å². The Balaban J connectivity index is 2.06. The van der Waals surface area contributed by atoms with E-state index in [4.69, 9.17) is 34.8 Å². The van der Waals surface area contributed by atoms with Crippen molar-refractivity contribution in [3.05, 3.63) is 99.0 Å². The number of carbonyl (C=O) groups is 2. The molecule has 0 radical (unpaired) electrons. The van der Waals surface area contributed by atoms with Crippen LogP contribution in [0.25, 0.3) is 0 Å². The Kier molecular flexibility index (Phi) is 10.7. The molecular weight excluding hydrogens is 581 g/mol. The maximum atomic E-state index is 14.0. The van der Waals surface area contributed by atoms with Gasteiger partial charge < -0.3 is 10.2 Å². The third-order valence-electron chi connectivity index (χ3n) is 5.84. The Bertz CT molecular complexity index is 1400. The summed E-state index contributed by atoms with van der Waals surface area (Å²) in [7, 11) is -3.91. The minimum Gasteiger partial charge on any atom is -0.352 e. The van der Waals surface area contributed by atoms with Crippen LogP contribution in [0.3, 0.4) is 0 Å². The van der Waals surface area contributed by atoms with Crippen LogP contribution in [-0.4, -0.2) is 50.0 Å². The highest BCUT2D eigenvalue weighted by atomic mass is 35.5. The largest absolute Gasteiger partial charge is 0.352 e. The van der Waals surface area contributed by atoms with Crippen molar-refractivity contribution in [1.29, 1.82) is 0 Å². The number of benzene rings is 3.